The minimum atomic E-state index is 0.650. The maximum absolute atomic E-state index is 4.31. The zero-order chi connectivity index (χ0) is 11.9. The molecular weight excluding hydrogens is 220 g/mol. The average Bonchev–Trinajstić information content (AvgIpc) is 3.13. The lowest BCUT2D eigenvalue weighted by Crippen LogP contribution is -2.09. The third-order valence-corrected chi connectivity index (χ3v) is 5.24. The van der Waals surface area contributed by atoms with Crippen LogP contribution in [0.25, 0.3) is 0 Å². The van der Waals surface area contributed by atoms with Gasteiger partial charge in [0.2, 0.25) is 0 Å². The highest BCUT2D eigenvalue weighted by atomic mass is 15.2. The van der Waals surface area contributed by atoms with Gasteiger partial charge in [0.15, 0.2) is 0 Å². The predicted molar refractivity (Wildman–Crippen MR) is 74.7 cm³/mol. The van der Waals surface area contributed by atoms with Crippen LogP contribution in [0.1, 0.15) is 25.7 Å². The van der Waals surface area contributed by atoms with Gasteiger partial charge < -0.3 is 0 Å². The second-order valence-electron chi connectivity index (χ2n) is 6.42. The van der Waals surface area contributed by atoms with E-state index in [2.05, 4.69) is 46.9 Å². The molecule has 2 saturated carbocycles. The SMILES string of the molecule is C1=C[C@H]2C[C@H]1C[C@H]2/C=N/N=C/[C@H]1C[C@@H]2C=C[C@@H]1C2. The second-order valence-corrected chi connectivity index (χ2v) is 6.42. The summed E-state index contributed by atoms with van der Waals surface area (Å²) in [5.74, 6) is 4.45. The van der Waals surface area contributed by atoms with Crippen LogP contribution in [0, 0.1) is 35.5 Å². The Morgan fingerprint density at radius 2 is 1.17 bits per heavy atom. The van der Waals surface area contributed by atoms with Crippen LogP contribution in [0.5, 0.6) is 0 Å². The molecular formula is C16H20N2. The van der Waals surface area contributed by atoms with Crippen LogP contribution in [0.15, 0.2) is 34.5 Å². The standard InChI is InChI=1S/C16H20N2/c1-3-13-5-11(1)7-15(13)9-17-18-10-16-8-12-2-4-14(16)6-12/h1-4,9-16H,5-8H2/b17-9+,18-10+/t11-,12+,13-,14+,15-,16+. The molecule has 0 unspecified atom stereocenters. The molecule has 0 radical (unpaired) electrons. The summed E-state index contributed by atoms with van der Waals surface area (Å²) >= 11 is 0. The van der Waals surface area contributed by atoms with Crippen LogP contribution >= 0.6 is 0 Å². The fourth-order valence-electron chi connectivity index (χ4n) is 4.24. The van der Waals surface area contributed by atoms with Crippen molar-refractivity contribution in [3.05, 3.63) is 24.3 Å². The highest BCUT2D eigenvalue weighted by molar-refractivity contribution is 5.66. The largest absolute Gasteiger partial charge is 0.164 e. The van der Waals surface area contributed by atoms with E-state index in [4.69, 9.17) is 0 Å². The minimum Gasteiger partial charge on any atom is -0.164 e. The number of fused-ring (bicyclic) bond motifs is 4. The Hall–Kier alpha value is -1.18. The second kappa shape index (κ2) is 4.18. The van der Waals surface area contributed by atoms with Gasteiger partial charge in [-0.25, -0.2) is 0 Å². The predicted octanol–water partition coefficient (Wildman–Crippen LogP) is 3.47. The van der Waals surface area contributed by atoms with Gasteiger partial charge in [0.25, 0.3) is 0 Å². The molecule has 0 spiro atoms. The lowest BCUT2D eigenvalue weighted by atomic mass is 9.95. The normalized spacial score (nSPS) is 48.4. The van der Waals surface area contributed by atoms with Crippen molar-refractivity contribution in [1.82, 2.24) is 0 Å². The van der Waals surface area contributed by atoms with Gasteiger partial charge in [-0.15, -0.1) is 0 Å². The Morgan fingerprint density at radius 3 is 1.50 bits per heavy atom. The molecule has 2 heteroatoms. The summed E-state index contributed by atoms with van der Waals surface area (Å²) in [7, 11) is 0. The van der Waals surface area contributed by atoms with E-state index in [0.717, 1.165) is 23.7 Å². The Morgan fingerprint density at radius 1 is 0.667 bits per heavy atom. The monoisotopic (exact) mass is 240 g/mol. The highest BCUT2D eigenvalue weighted by Crippen LogP contribution is 2.43. The molecule has 2 nitrogen and oxygen atoms in total. The van der Waals surface area contributed by atoms with E-state index in [1.807, 2.05) is 0 Å². The lowest BCUT2D eigenvalue weighted by molar-refractivity contribution is 0.589. The Labute approximate surface area is 109 Å². The van der Waals surface area contributed by atoms with Crippen LogP contribution < -0.4 is 0 Å². The Bertz CT molecular complexity index is 404. The van der Waals surface area contributed by atoms with Crippen molar-refractivity contribution in [3.63, 3.8) is 0 Å². The molecule has 0 aromatic rings. The molecule has 0 saturated heterocycles. The van der Waals surface area contributed by atoms with E-state index >= 15 is 0 Å². The van der Waals surface area contributed by atoms with Crippen molar-refractivity contribution in [3.8, 4) is 0 Å². The van der Waals surface area contributed by atoms with Crippen molar-refractivity contribution in [2.45, 2.75) is 25.7 Å². The highest BCUT2D eigenvalue weighted by Gasteiger charge is 2.35. The molecule has 94 valence electrons. The summed E-state index contributed by atoms with van der Waals surface area (Å²) in [4.78, 5) is 0. The van der Waals surface area contributed by atoms with Crippen LogP contribution in [-0.2, 0) is 0 Å². The molecule has 4 rings (SSSR count). The van der Waals surface area contributed by atoms with E-state index in [1.165, 1.54) is 25.7 Å². The van der Waals surface area contributed by atoms with Gasteiger partial charge in [0.05, 0.1) is 0 Å². The van der Waals surface area contributed by atoms with E-state index in [1.54, 1.807) is 0 Å². The third kappa shape index (κ3) is 1.79. The molecule has 0 N–H and O–H groups in total. The fraction of sp³-hybridized carbons (Fsp3) is 0.625. The number of allylic oxidation sites excluding steroid dienone is 4. The zero-order valence-corrected chi connectivity index (χ0v) is 10.7. The molecule has 4 bridgehead atoms. The van der Waals surface area contributed by atoms with Crippen molar-refractivity contribution in [2.75, 3.05) is 0 Å². The average molecular weight is 240 g/mol. The quantitative estimate of drug-likeness (QED) is 0.410. The first-order valence-corrected chi connectivity index (χ1v) is 7.32. The van der Waals surface area contributed by atoms with E-state index in [-0.39, 0.29) is 0 Å². The lowest BCUT2D eigenvalue weighted by Gasteiger charge is -2.12. The molecule has 0 aliphatic heterocycles. The molecule has 0 aromatic carbocycles. The number of hydrogen-bond donors (Lipinski definition) is 0. The van der Waals surface area contributed by atoms with Crippen LogP contribution in [0.3, 0.4) is 0 Å². The van der Waals surface area contributed by atoms with Gasteiger partial charge in [0.1, 0.15) is 0 Å². The summed E-state index contributed by atoms with van der Waals surface area (Å²) in [6, 6.07) is 0. The molecule has 0 heterocycles. The molecule has 4 aliphatic rings. The first-order valence-electron chi connectivity index (χ1n) is 7.32. The maximum Gasteiger partial charge on any atom is 0.0307 e. The van der Waals surface area contributed by atoms with E-state index in [0.29, 0.717) is 11.8 Å². The summed E-state index contributed by atoms with van der Waals surface area (Å²) in [5.41, 5.74) is 0. The number of hydrogen-bond acceptors (Lipinski definition) is 2. The van der Waals surface area contributed by atoms with Gasteiger partial charge in [-0.1, -0.05) is 24.3 Å². The molecule has 2 fully saturated rings. The van der Waals surface area contributed by atoms with Crippen molar-refractivity contribution < 1.29 is 0 Å². The smallest absolute Gasteiger partial charge is 0.0307 e. The maximum atomic E-state index is 4.31. The van der Waals surface area contributed by atoms with Gasteiger partial charge in [-0.3, -0.25) is 0 Å². The molecule has 0 amide bonds. The van der Waals surface area contributed by atoms with Crippen LogP contribution in [0.4, 0.5) is 0 Å². The van der Waals surface area contributed by atoms with Crippen molar-refractivity contribution in [2.24, 2.45) is 45.7 Å². The summed E-state index contributed by atoms with van der Waals surface area (Å²) in [5, 5.41) is 8.61. The Balaban J connectivity index is 1.33. The molecule has 0 aromatic heterocycles. The minimum absolute atomic E-state index is 0.650. The van der Waals surface area contributed by atoms with Gasteiger partial charge in [0, 0.05) is 24.3 Å². The van der Waals surface area contributed by atoms with Gasteiger partial charge in [-0.2, -0.15) is 10.2 Å². The third-order valence-electron chi connectivity index (χ3n) is 5.24. The van der Waals surface area contributed by atoms with Gasteiger partial charge >= 0.3 is 0 Å². The zero-order valence-electron chi connectivity index (χ0n) is 10.7. The van der Waals surface area contributed by atoms with Crippen LogP contribution in [0.2, 0.25) is 0 Å². The summed E-state index contributed by atoms with van der Waals surface area (Å²) in [6.07, 6.45) is 18.9. The molecule has 6 atom stereocenters. The first kappa shape index (κ1) is 10.7. The Kier molecular flexibility index (Phi) is 2.49. The van der Waals surface area contributed by atoms with Gasteiger partial charge in [-0.05, 0) is 49.4 Å². The molecule has 4 aliphatic carbocycles. The van der Waals surface area contributed by atoms with Crippen LogP contribution in [-0.4, -0.2) is 12.4 Å². The molecule has 18 heavy (non-hydrogen) atoms. The summed E-state index contributed by atoms with van der Waals surface area (Å²) < 4.78 is 0. The first-order chi connectivity index (χ1) is 8.88. The number of nitrogens with zero attached hydrogens (tertiary/aromatic N) is 2. The van der Waals surface area contributed by atoms with Crippen molar-refractivity contribution >= 4 is 12.4 Å². The van der Waals surface area contributed by atoms with Crippen molar-refractivity contribution in [1.29, 1.82) is 0 Å². The number of rotatable bonds is 3. The topological polar surface area (TPSA) is 24.7 Å². The van der Waals surface area contributed by atoms with E-state index in [9.17, 15) is 0 Å². The summed E-state index contributed by atoms with van der Waals surface area (Å²) in [6.45, 7) is 0. The van der Waals surface area contributed by atoms with E-state index < -0.39 is 0 Å². The fourth-order valence-corrected chi connectivity index (χ4v) is 4.24.